The van der Waals surface area contributed by atoms with Crippen LogP contribution in [0.25, 0.3) is 0 Å². The van der Waals surface area contributed by atoms with Crippen LogP contribution in [0.1, 0.15) is 54.4 Å². The van der Waals surface area contributed by atoms with Crippen molar-refractivity contribution in [1.29, 1.82) is 0 Å². The first-order chi connectivity index (χ1) is 10.7. The standard InChI is InChI=1S/C19H29NO3/c1-8-10-20(11-9-2)16(21)14-15(17(22)23-7)19(6)13(4)12(3)18(14,19)5/h8-11H2,1-7H3. The molecule has 2 atom stereocenters. The molecule has 0 bridgehead atoms. The largest absolute Gasteiger partial charge is 0.466 e. The van der Waals surface area contributed by atoms with Gasteiger partial charge >= 0.3 is 5.97 Å². The molecule has 2 unspecified atom stereocenters. The highest BCUT2D eigenvalue weighted by atomic mass is 16.5. The first kappa shape index (κ1) is 17.8. The second kappa shape index (κ2) is 5.81. The van der Waals surface area contributed by atoms with Gasteiger partial charge < -0.3 is 9.64 Å². The van der Waals surface area contributed by atoms with Crippen LogP contribution in [0.15, 0.2) is 22.3 Å². The molecule has 0 aromatic carbocycles. The van der Waals surface area contributed by atoms with Crippen LogP contribution in [-0.4, -0.2) is 37.0 Å². The second-order valence-electron chi connectivity index (χ2n) is 7.03. The summed E-state index contributed by atoms with van der Waals surface area (Å²) in [6.07, 6.45) is 1.82. The predicted molar refractivity (Wildman–Crippen MR) is 90.8 cm³/mol. The summed E-state index contributed by atoms with van der Waals surface area (Å²) < 4.78 is 4.99. The molecule has 23 heavy (non-hydrogen) atoms. The lowest BCUT2D eigenvalue weighted by Gasteiger charge is -2.66. The third-order valence-corrected chi connectivity index (χ3v) is 6.19. The molecule has 0 aromatic heterocycles. The van der Waals surface area contributed by atoms with Gasteiger partial charge in [-0.3, -0.25) is 4.79 Å². The average molecular weight is 319 g/mol. The fraction of sp³-hybridized carbons (Fsp3) is 0.684. The molecule has 4 heteroatoms. The van der Waals surface area contributed by atoms with E-state index in [4.69, 9.17) is 4.74 Å². The molecular formula is C19H29NO3. The van der Waals surface area contributed by atoms with Crippen molar-refractivity contribution in [2.24, 2.45) is 10.8 Å². The fourth-order valence-corrected chi connectivity index (χ4v) is 4.49. The monoisotopic (exact) mass is 319 g/mol. The molecule has 2 rings (SSSR count). The van der Waals surface area contributed by atoms with E-state index in [1.165, 1.54) is 18.3 Å². The number of ether oxygens (including phenoxy) is 1. The molecule has 1 amide bonds. The van der Waals surface area contributed by atoms with Crippen molar-refractivity contribution >= 4 is 11.9 Å². The van der Waals surface area contributed by atoms with Gasteiger partial charge in [-0.05, 0) is 26.7 Å². The molecule has 2 aliphatic rings. The summed E-state index contributed by atoms with van der Waals surface area (Å²) in [5, 5.41) is 0. The second-order valence-corrected chi connectivity index (χ2v) is 7.03. The molecule has 0 fully saturated rings. The van der Waals surface area contributed by atoms with Crippen LogP contribution in [0, 0.1) is 10.8 Å². The fourth-order valence-electron chi connectivity index (χ4n) is 4.49. The topological polar surface area (TPSA) is 46.6 Å². The number of hydrogen-bond donors (Lipinski definition) is 0. The Labute approximate surface area is 139 Å². The summed E-state index contributed by atoms with van der Waals surface area (Å²) in [6, 6.07) is 0. The highest BCUT2D eigenvalue weighted by Crippen LogP contribution is 2.75. The van der Waals surface area contributed by atoms with Crippen molar-refractivity contribution < 1.29 is 14.3 Å². The number of hydrogen-bond acceptors (Lipinski definition) is 3. The number of carbonyl (C=O) groups excluding carboxylic acids is 2. The maximum absolute atomic E-state index is 13.2. The Morgan fingerprint density at radius 3 is 1.78 bits per heavy atom. The Bertz CT molecular complexity index is 610. The highest BCUT2D eigenvalue weighted by molar-refractivity contribution is 6.11. The normalized spacial score (nSPS) is 28.8. The molecule has 0 aromatic rings. The number of nitrogens with zero attached hydrogens (tertiary/aromatic N) is 1. The van der Waals surface area contributed by atoms with Crippen LogP contribution in [-0.2, 0) is 14.3 Å². The summed E-state index contributed by atoms with van der Waals surface area (Å²) in [5.41, 5.74) is 2.92. The van der Waals surface area contributed by atoms with Crippen LogP contribution >= 0.6 is 0 Å². The van der Waals surface area contributed by atoms with Gasteiger partial charge in [-0.2, -0.15) is 0 Å². The lowest BCUT2D eigenvalue weighted by atomic mass is 9.35. The van der Waals surface area contributed by atoms with E-state index in [9.17, 15) is 9.59 Å². The maximum atomic E-state index is 13.2. The van der Waals surface area contributed by atoms with Gasteiger partial charge in [0.25, 0.3) is 5.91 Å². The van der Waals surface area contributed by atoms with E-state index in [1.807, 2.05) is 4.90 Å². The summed E-state index contributed by atoms with van der Waals surface area (Å²) in [5.74, 6) is -0.367. The third kappa shape index (κ3) is 1.96. The molecule has 0 saturated carbocycles. The van der Waals surface area contributed by atoms with Gasteiger partial charge in [-0.1, -0.05) is 38.8 Å². The first-order valence-corrected chi connectivity index (χ1v) is 8.54. The van der Waals surface area contributed by atoms with Gasteiger partial charge in [0.05, 0.1) is 12.7 Å². The Morgan fingerprint density at radius 1 is 0.957 bits per heavy atom. The first-order valence-electron chi connectivity index (χ1n) is 8.54. The van der Waals surface area contributed by atoms with Crippen LogP contribution in [0.2, 0.25) is 0 Å². The summed E-state index contributed by atoms with van der Waals surface area (Å²) in [7, 11) is 1.39. The van der Waals surface area contributed by atoms with E-state index in [2.05, 4.69) is 41.5 Å². The van der Waals surface area contributed by atoms with Crippen LogP contribution < -0.4 is 0 Å². The lowest BCUT2D eigenvalue weighted by molar-refractivity contribution is -0.142. The van der Waals surface area contributed by atoms with Gasteiger partial charge in [0, 0.05) is 29.5 Å². The Balaban J connectivity index is 2.51. The zero-order valence-corrected chi connectivity index (χ0v) is 15.5. The number of amides is 1. The number of esters is 1. The smallest absolute Gasteiger partial charge is 0.335 e. The van der Waals surface area contributed by atoms with Crippen molar-refractivity contribution in [3.05, 3.63) is 22.3 Å². The average Bonchev–Trinajstić information content (AvgIpc) is 2.55. The maximum Gasteiger partial charge on any atom is 0.335 e. The van der Waals surface area contributed by atoms with E-state index in [1.54, 1.807) is 0 Å². The third-order valence-electron chi connectivity index (χ3n) is 6.19. The molecule has 2 aliphatic carbocycles. The van der Waals surface area contributed by atoms with Gasteiger partial charge in [0.2, 0.25) is 0 Å². The molecule has 0 N–H and O–H groups in total. The summed E-state index contributed by atoms with van der Waals surface area (Å²) in [4.78, 5) is 27.4. The SMILES string of the molecule is CCCN(CCC)C(=O)C1=C(C(=O)OC)C2(C)C(C)=C(C)C12C. The molecule has 0 saturated heterocycles. The van der Waals surface area contributed by atoms with Gasteiger partial charge in [0.1, 0.15) is 0 Å². The zero-order valence-electron chi connectivity index (χ0n) is 15.5. The zero-order chi connectivity index (χ0) is 17.6. The van der Waals surface area contributed by atoms with Crippen molar-refractivity contribution in [3.8, 4) is 0 Å². The van der Waals surface area contributed by atoms with Crippen molar-refractivity contribution in [3.63, 3.8) is 0 Å². The van der Waals surface area contributed by atoms with E-state index in [-0.39, 0.29) is 22.7 Å². The molecular weight excluding hydrogens is 290 g/mol. The molecule has 128 valence electrons. The number of fused-ring (bicyclic) bond motifs is 1. The summed E-state index contributed by atoms with van der Waals surface area (Å²) >= 11 is 0. The van der Waals surface area contributed by atoms with E-state index in [0.717, 1.165) is 25.9 Å². The van der Waals surface area contributed by atoms with Crippen molar-refractivity contribution in [2.75, 3.05) is 20.2 Å². The van der Waals surface area contributed by atoms with Gasteiger partial charge in [-0.15, -0.1) is 0 Å². The predicted octanol–water partition coefficient (Wildman–Crippen LogP) is 3.48. The van der Waals surface area contributed by atoms with E-state index in [0.29, 0.717) is 11.1 Å². The quantitative estimate of drug-likeness (QED) is 0.556. The molecule has 4 nitrogen and oxygen atoms in total. The van der Waals surface area contributed by atoms with Gasteiger partial charge in [-0.25, -0.2) is 4.79 Å². The Hall–Kier alpha value is -1.58. The number of rotatable bonds is 6. The van der Waals surface area contributed by atoms with Gasteiger partial charge in [0.15, 0.2) is 0 Å². The Morgan fingerprint density at radius 2 is 1.39 bits per heavy atom. The minimum absolute atomic E-state index is 0.000856. The Kier molecular flexibility index (Phi) is 4.49. The van der Waals surface area contributed by atoms with Crippen LogP contribution in [0.5, 0.6) is 0 Å². The lowest BCUT2D eigenvalue weighted by Crippen LogP contribution is -2.64. The van der Waals surface area contributed by atoms with E-state index >= 15 is 0 Å². The summed E-state index contributed by atoms with van der Waals surface area (Å²) in [6.45, 7) is 13.8. The van der Waals surface area contributed by atoms with E-state index < -0.39 is 0 Å². The molecule has 0 heterocycles. The molecule has 0 aliphatic heterocycles. The minimum Gasteiger partial charge on any atom is -0.466 e. The van der Waals surface area contributed by atoms with Crippen molar-refractivity contribution in [1.82, 2.24) is 4.90 Å². The minimum atomic E-state index is -0.367. The molecule has 0 radical (unpaired) electrons. The van der Waals surface area contributed by atoms with Crippen LogP contribution in [0.3, 0.4) is 0 Å². The number of carbonyl (C=O) groups is 2. The van der Waals surface area contributed by atoms with Crippen LogP contribution in [0.4, 0.5) is 0 Å². The highest BCUT2D eigenvalue weighted by Gasteiger charge is 2.71. The number of methoxy groups -OCH3 is 1. The number of allylic oxidation sites excluding steroid dienone is 2. The molecule has 0 spiro atoms. The van der Waals surface area contributed by atoms with Crippen molar-refractivity contribution in [2.45, 2.75) is 54.4 Å².